The lowest BCUT2D eigenvalue weighted by Gasteiger charge is -2.05. The number of hydrogen-bond donors (Lipinski definition) is 1. The van der Waals surface area contributed by atoms with Crippen molar-refractivity contribution in [3.05, 3.63) is 44.4 Å². The molecular formula is C10H7N3O2S. The van der Waals surface area contributed by atoms with Gasteiger partial charge in [-0.15, -0.1) is 11.3 Å². The van der Waals surface area contributed by atoms with Crippen molar-refractivity contribution in [2.75, 3.05) is 0 Å². The number of nitriles is 1. The fourth-order valence-corrected chi connectivity index (χ4v) is 2.13. The molecule has 2 aromatic heterocycles. The second-order valence-electron chi connectivity index (χ2n) is 3.05. The first-order valence-corrected chi connectivity index (χ1v) is 5.35. The molecule has 2 heterocycles. The van der Waals surface area contributed by atoms with Gasteiger partial charge in [0.05, 0.1) is 16.6 Å². The first kappa shape index (κ1) is 10.4. The molecule has 0 aliphatic rings. The Kier molecular flexibility index (Phi) is 2.70. The van der Waals surface area contributed by atoms with Crippen LogP contribution < -0.4 is 11.2 Å². The summed E-state index contributed by atoms with van der Waals surface area (Å²) in [4.78, 5) is 25.6. The lowest BCUT2D eigenvalue weighted by molar-refractivity contribution is 0.754. The first-order valence-electron chi connectivity index (χ1n) is 4.47. The van der Waals surface area contributed by atoms with Gasteiger partial charge in [-0.1, -0.05) is 6.07 Å². The van der Waals surface area contributed by atoms with E-state index >= 15 is 0 Å². The number of aromatic nitrogens is 2. The van der Waals surface area contributed by atoms with Crippen molar-refractivity contribution in [3.63, 3.8) is 0 Å². The molecule has 1 N–H and O–H groups in total. The van der Waals surface area contributed by atoms with Gasteiger partial charge in [0.25, 0.3) is 5.56 Å². The Bertz CT molecular complexity index is 646. The second-order valence-corrected chi connectivity index (χ2v) is 3.99. The average molecular weight is 233 g/mol. The van der Waals surface area contributed by atoms with Crippen LogP contribution in [0.25, 0.3) is 10.6 Å². The molecule has 16 heavy (non-hydrogen) atoms. The van der Waals surface area contributed by atoms with Crippen molar-refractivity contribution in [1.82, 2.24) is 9.55 Å². The van der Waals surface area contributed by atoms with Crippen molar-refractivity contribution in [3.8, 4) is 16.6 Å². The highest BCUT2D eigenvalue weighted by molar-refractivity contribution is 7.13. The Morgan fingerprint density at radius 1 is 1.50 bits per heavy atom. The molecule has 0 aromatic carbocycles. The lowest BCUT2D eigenvalue weighted by Crippen LogP contribution is -2.30. The van der Waals surface area contributed by atoms with Crippen LogP contribution in [0.4, 0.5) is 0 Å². The molecular weight excluding hydrogens is 226 g/mol. The predicted octanol–water partition coefficient (Wildman–Crippen LogP) is 0.789. The van der Waals surface area contributed by atoms with Gasteiger partial charge in [-0.2, -0.15) is 5.26 Å². The highest BCUT2D eigenvalue weighted by atomic mass is 32.1. The number of hydrogen-bond acceptors (Lipinski definition) is 4. The van der Waals surface area contributed by atoms with Gasteiger partial charge >= 0.3 is 5.69 Å². The first-order chi connectivity index (χ1) is 7.72. The molecule has 0 amide bonds. The minimum absolute atomic E-state index is 0.0805. The normalized spacial score (nSPS) is 9.94. The summed E-state index contributed by atoms with van der Waals surface area (Å²) in [6, 6.07) is 6.84. The molecule has 0 saturated heterocycles. The maximum absolute atomic E-state index is 11.5. The van der Waals surface area contributed by atoms with E-state index in [2.05, 4.69) is 4.98 Å². The minimum Gasteiger partial charge on any atom is -0.279 e. The van der Waals surface area contributed by atoms with Crippen LogP contribution in [0.5, 0.6) is 0 Å². The third-order valence-electron chi connectivity index (χ3n) is 2.04. The summed E-state index contributed by atoms with van der Waals surface area (Å²) >= 11 is 1.41. The molecule has 0 bridgehead atoms. The summed E-state index contributed by atoms with van der Waals surface area (Å²) in [5.41, 5.74) is -0.537. The molecule has 0 radical (unpaired) electrons. The molecule has 2 aromatic rings. The number of nitrogens with zero attached hydrogens (tertiary/aromatic N) is 2. The smallest absolute Gasteiger partial charge is 0.279 e. The molecule has 0 aliphatic carbocycles. The summed E-state index contributed by atoms with van der Waals surface area (Å²) < 4.78 is 1.24. The Morgan fingerprint density at radius 3 is 2.94 bits per heavy atom. The van der Waals surface area contributed by atoms with Crippen molar-refractivity contribution >= 4 is 11.3 Å². The van der Waals surface area contributed by atoms with Gasteiger partial charge in [-0.3, -0.25) is 14.3 Å². The van der Waals surface area contributed by atoms with Gasteiger partial charge in [-0.25, -0.2) is 4.79 Å². The zero-order chi connectivity index (χ0) is 11.5. The van der Waals surface area contributed by atoms with Crippen LogP contribution in [0, 0.1) is 11.3 Å². The van der Waals surface area contributed by atoms with E-state index in [1.807, 2.05) is 17.5 Å². The zero-order valence-electron chi connectivity index (χ0n) is 8.14. The van der Waals surface area contributed by atoms with Gasteiger partial charge in [0, 0.05) is 6.07 Å². The molecule has 0 spiro atoms. The molecule has 0 fully saturated rings. The van der Waals surface area contributed by atoms with E-state index in [4.69, 9.17) is 5.26 Å². The van der Waals surface area contributed by atoms with E-state index in [-0.39, 0.29) is 6.54 Å². The second kappa shape index (κ2) is 4.16. The summed E-state index contributed by atoms with van der Waals surface area (Å²) in [6.45, 7) is -0.0805. The quantitative estimate of drug-likeness (QED) is 0.832. The lowest BCUT2D eigenvalue weighted by atomic mass is 10.3. The van der Waals surface area contributed by atoms with E-state index in [0.717, 1.165) is 4.88 Å². The van der Waals surface area contributed by atoms with Crippen LogP contribution in [0.1, 0.15) is 0 Å². The van der Waals surface area contributed by atoms with E-state index in [1.54, 1.807) is 6.07 Å². The fourth-order valence-electron chi connectivity index (χ4n) is 1.38. The van der Waals surface area contributed by atoms with Crippen molar-refractivity contribution in [2.45, 2.75) is 6.54 Å². The van der Waals surface area contributed by atoms with Gasteiger partial charge in [0.2, 0.25) is 0 Å². The van der Waals surface area contributed by atoms with Crippen molar-refractivity contribution in [1.29, 1.82) is 5.26 Å². The van der Waals surface area contributed by atoms with Crippen LogP contribution in [0.2, 0.25) is 0 Å². The molecule has 5 nitrogen and oxygen atoms in total. The summed E-state index contributed by atoms with van der Waals surface area (Å²) in [7, 11) is 0. The van der Waals surface area contributed by atoms with Crippen molar-refractivity contribution < 1.29 is 0 Å². The molecule has 0 saturated carbocycles. The molecule has 0 atom stereocenters. The largest absolute Gasteiger partial charge is 0.329 e. The monoisotopic (exact) mass is 233 g/mol. The summed E-state index contributed by atoms with van der Waals surface area (Å²) in [5, 5.41) is 10.5. The number of nitrogens with one attached hydrogen (secondary N) is 1. The topological polar surface area (TPSA) is 78.7 Å². The number of thiophene rings is 1. The Morgan fingerprint density at radius 2 is 2.31 bits per heavy atom. The highest BCUT2D eigenvalue weighted by Gasteiger charge is 2.08. The number of aromatic amines is 1. The Labute approximate surface area is 94.2 Å². The van der Waals surface area contributed by atoms with Crippen LogP contribution >= 0.6 is 11.3 Å². The van der Waals surface area contributed by atoms with E-state index in [1.165, 1.54) is 22.0 Å². The third kappa shape index (κ3) is 1.81. The highest BCUT2D eigenvalue weighted by Crippen LogP contribution is 2.21. The van der Waals surface area contributed by atoms with Crippen LogP contribution in [0.3, 0.4) is 0 Å². The van der Waals surface area contributed by atoms with Gasteiger partial charge < -0.3 is 0 Å². The van der Waals surface area contributed by atoms with Gasteiger partial charge in [0.1, 0.15) is 6.54 Å². The predicted molar refractivity (Wildman–Crippen MR) is 60.2 cm³/mol. The third-order valence-corrected chi connectivity index (χ3v) is 2.93. The molecule has 80 valence electrons. The van der Waals surface area contributed by atoms with Crippen molar-refractivity contribution in [2.24, 2.45) is 0 Å². The maximum Gasteiger partial charge on any atom is 0.329 e. The Balaban J connectivity index is 2.73. The molecule has 6 heteroatoms. The molecule has 0 aliphatic heterocycles. The van der Waals surface area contributed by atoms with E-state index in [0.29, 0.717) is 5.69 Å². The minimum atomic E-state index is -0.558. The number of H-pyrrole nitrogens is 1. The van der Waals surface area contributed by atoms with E-state index in [9.17, 15) is 9.59 Å². The molecule has 2 rings (SSSR count). The van der Waals surface area contributed by atoms with E-state index < -0.39 is 11.2 Å². The van der Waals surface area contributed by atoms with Crippen LogP contribution in [-0.4, -0.2) is 9.55 Å². The summed E-state index contributed by atoms with van der Waals surface area (Å²) in [6.07, 6.45) is 0. The summed E-state index contributed by atoms with van der Waals surface area (Å²) in [5.74, 6) is 0. The van der Waals surface area contributed by atoms with Crippen LogP contribution in [-0.2, 0) is 6.54 Å². The Hall–Kier alpha value is -2.13. The maximum atomic E-state index is 11.5. The SMILES string of the molecule is N#CCn1c(-c2cccs2)cc(=O)[nH]c1=O. The average Bonchev–Trinajstić information content (AvgIpc) is 2.75. The standard InChI is InChI=1S/C10H7N3O2S/c11-3-4-13-7(8-2-1-5-16-8)6-9(14)12-10(13)15/h1-2,5-6H,4H2,(H,12,14,15). The zero-order valence-corrected chi connectivity index (χ0v) is 8.95. The van der Waals surface area contributed by atoms with Gasteiger partial charge in [0.15, 0.2) is 0 Å². The molecule has 0 unspecified atom stereocenters. The fraction of sp³-hybridized carbons (Fsp3) is 0.100. The van der Waals surface area contributed by atoms with Gasteiger partial charge in [-0.05, 0) is 11.4 Å². The number of rotatable bonds is 2. The van der Waals surface area contributed by atoms with Crippen LogP contribution in [0.15, 0.2) is 33.2 Å².